The zero-order chi connectivity index (χ0) is 20.1. The molecule has 1 unspecified atom stereocenters. The number of benzene rings is 2. The second kappa shape index (κ2) is 9.40. The van der Waals surface area contributed by atoms with Gasteiger partial charge < -0.3 is 9.80 Å². The van der Waals surface area contributed by atoms with E-state index >= 15 is 0 Å². The van der Waals surface area contributed by atoms with Crippen molar-refractivity contribution in [1.29, 1.82) is 0 Å². The van der Waals surface area contributed by atoms with Crippen molar-refractivity contribution in [3.05, 3.63) is 66.0 Å². The van der Waals surface area contributed by atoms with Crippen LogP contribution in [0.4, 0.5) is 10.1 Å². The molecule has 2 aromatic carbocycles. The van der Waals surface area contributed by atoms with Gasteiger partial charge in [0.25, 0.3) is 0 Å². The average molecular weight is 396 g/mol. The Morgan fingerprint density at radius 2 is 1.69 bits per heavy atom. The van der Waals surface area contributed by atoms with E-state index in [1.54, 1.807) is 0 Å². The third kappa shape index (κ3) is 5.15. The van der Waals surface area contributed by atoms with Crippen LogP contribution in [0.15, 0.2) is 54.6 Å². The molecule has 2 saturated heterocycles. The fraction of sp³-hybridized carbons (Fsp3) is 0.458. The first-order valence-electron chi connectivity index (χ1n) is 10.7. The van der Waals surface area contributed by atoms with Crippen LogP contribution in [-0.2, 0) is 11.3 Å². The summed E-state index contributed by atoms with van der Waals surface area (Å²) in [5.74, 6) is 0.200. The van der Waals surface area contributed by atoms with Gasteiger partial charge in [-0.15, -0.1) is 0 Å². The molecule has 0 saturated carbocycles. The minimum absolute atomic E-state index is 0.102. The lowest BCUT2D eigenvalue weighted by atomic mass is 9.96. The summed E-state index contributed by atoms with van der Waals surface area (Å²) < 4.78 is 13.2. The Morgan fingerprint density at radius 1 is 0.897 bits per heavy atom. The van der Waals surface area contributed by atoms with Crippen LogP contribution in [0.5, 0.6) is 0 Å². The van der Waals surface area contributed by atoms with Gasteiger partial charge in [-0.05, 0) is 55.6 Å². The van der Waals surface area contributed by atoms with Crippen molar-refractivity contribution in [2.75, 3.05) is 44.2 Å². The summed E-state index contributed by atoms with van der Waals surface area (Å²) in [5.41, 5.74) is 2.35. The molecule has 4 nitrogen and oxygen atoms in total. The first-order chi connectivity index (χ1) is 14.2. The van der Waals surface area contributed by atoms with Gasteiger partial charge in [0.05, 0.1) is 5.92 Å². The lowest BCUT2D eigenvalue weighted by Crippen LogP contribution is -2.45. The van der Waals surface area contributed by atoms with E-state index in [-0.39, 0.29) is 11.7 Å². The minimum Gasteiger partial charge on any atom is -0.370 e. The third-order valence-electron chi connectivity index (χ3n) is 6.10. The molecule has 1 amide bonds. The molecule has 5 heteroatoms. The molecule has 0 spiro atoms. The van der Waals surface area contributed by atoms with Crippen LogP contribution in [0, 0.1) is 11.7 Å². The second-order valence-electron chi connectivity index (χ2n) is 8.20. The minimum atomic E-state index is -0.210. The van der Waals surface area contributed by atoms with Gasteiger partial charge >= 0.3 is 0 Å². The van der Waals surface area contributed by atoms with E-state index in [4.69, 9.17) is 0 Å². The summed E-state index contributed by atoms with van der Waals surface area (Å²) in [6, 6.07) is 17.2. The van der Waals surface area contributed by atoms with Crippen molar-refractivity contribution in [2.24, 2.45) is 5.92 Å². The Labute approximate surface area is 172 Å². The van der Waals surface area contributed by atoms with Crippen LogP contribution in [0.2, 0.25) is 0 Å². The molecule has 0 N–H and O–H groups in total. The van der Waals surface area contributed by atoms with Crippen LogP contribution in [0.25, 0.3) is 0 Å². The number of hydrogen-bond donors (Lipinski definition) is 0. The van der Waals surface area contributed by atoms with Gasteiger partial charge in [0.1, 0.15) is 5.82 Å². The number of carbonyl (C=O) groups excluding carboxylic acids is 1. The van der Waals surface area contributed by atoms with Gasteiger partial charge in [-0.25, -0.2) is 4.39 Å². The molecule has 2 aliphatic heterocycles. The molecular weight excluding hydrogens is 365 g/mol. The standard InChI is InChI=1S/C24H30FN3O/c25-22-9-11-23(12-10-22)27-14-5-15-28(17-16-27)24(29)21-8-4-13-26(19-21)18-20-6-2-1-3-7-20/h1-3,6-7,9-12,21H,4-5,8,13-19H2. The maximum absolute atomic E-state index is 13.2. The highest BCUT2D eigenvalue weighted by Gasteiger charge is 2.30. The number of nitrogens with zero attached hydrogens (tertiary/aromatic N) is 3. The maximum atomic E-state index is 13.2. The number of rotatable bonds is 4. The Kier molecular flexibility index (Phi) is 6.45. The quantitative estimate of drug-likeness (QED) is 0.788. The van der Waals surface area contributed by atoms with Gasteiger partial charge in [-0.1, -0.05) is 30.3 Å². The molecule has 1 atom stereocenters. The summed E-state index contributed by atoms with van der Waals surface area (Å²) in [6.45, 7) is 6.10. The molecule has 2 aliphatic rings. The lowest BCUT2D eigenvalue weighted by Gasteiger charge is -2.34. The van der Waals surface area contributed by atoms with Crippen molar-refractivity contribution in [3.63, 3.8) is 0 Å². The van der Waals surface area contributed by atoms with E-state index < -0.39 is 0 Å². The predicted molar refractivity (Wildman–Crippen MR) is 114 cm³/mol. The molecule has 2 heterocycles. The first kappa shape index (κ1) is 19.9. The zero-order valence-electron chi connectivity index (χ0n) is 17.0. The van der Waals surface area contributed by atoms with Gasteiger partial charge in [0.15, 0.2) is 0 Å². The summed E-state index contributed by atoms with van der Waals surface area (Å²) in [7, 11) is 0. The van der Waals surface area contributed by atoms with Gasteiger partial charge in [-0.3, -0.25) is 9.69 Å². The zero-order valence-corrected chi connectivity index (χ0v) is 17.0. The molecule has 0 bridgehead atoms. The summed E-state index contributed by atoms with van der Waals surface area (Å²) >= 11 is 0. The summed E-state index contributed by atoms with van der Waals surface area (Å²) in [4.78, 5) is 20.0. The molecule has 29 heavy (non-hydrogen) atoms. The molecule has 2 fully saturated rings. The summed E-state index contributed by atoms with van der Waals surface area (Å²) in [6.07, 6.45) is 3.02. The molecule has 0 radical (unpaired) electrons. The maximum Gasteiger partial charge on any atom is 0.227 e. The molecular formula is C24H30FN3O. The Balaban J connectivity index is 1.33. The van der Waals surface area contributed by atoms with Gasteiger partial charge in [0, 0.05) is 45.0 Å². The first-order valence-corrected chi connectivity index (χ1v) is 10.7. The van der Waals surface area contributed by atoms with Crippen molar-refractivity contribution in [2.45, 2.75) is 25.8 Å². The fourth-order valence-electron chi connectivity index (χ4n) is 4.55. The number of likely N-dealkylation sites (tertiary alicyclic amines) is 1. The monoisotopic (exact) mass is 395 g/mol. The van der Waals surface area contributed by atoms with E-state index in [0.29, 0.717) is 5.91 Å². The average Bonchev–Trinajstić information content (AvgIpc) is 3.01. The number of carbonyl (C=O) groups is 1. The predicted octanol–water partition coefficient (Wildman–Crippen LogP) is 3.78. The van der Waals surface area contributed by atoms with E-state index in [1.807, 2.05) is 18.2 Å². The number of anilines is 1. The normalized spacial score (nSPS) is 21.1. The van der Waals surface area contributed by atoms with Crippen LogP contribution in [0.1, 0.15) is 24.8 Å². The van der Waals surface area contributed by atoms with Gasteiger partial charge in [0.2, 0.25) is 5.91 Å². The number of hydrogen-bond acceptors (Lipinski definition) is 3. The largest absolute Gasteiger partial charge is 0.370 e. The topological polar surface area (TPSA) is 26.8 Å². The second-order valence-corrected chi connectivity index (χ2v) is 8.20. The van der Waals surface area contributed by atoms with Crippen LogP contribution in [0.3, 0.4) is 0 Å². The van der Waals surface area contributed by atoms with Crippen molar-refractivity contribution < 1.29 is 9.18 Å². The van der Waals surface area contributed by atoms with Crippen LogP contribution >= 0.6 is 0 Å². The molecule has 4 rings (SSSR count). The van der Waals surface area contributed by atoms with E-state index in [2.05, 4.69) is 39.0 Å². The third-order valence-corrected chi connectivity index (χ3v) is 6.10. The Morgan fingerprint density at radius 3 is 2.48 bits per heavy atom. The number of halogens is 1. The van der Waals surface area contributed by atoms with Crippen molar-refractivity contribution >= 4 is 11.6 Å². The smallest absolute Gasteiger partial charge is 0.227 e. The van der Waals surface area contributed by atoms with Gasteiger partial charge in [-0.2, -0.15) is 0 Å². The van der Waals surface area contributed by atoms with E-state index in [0.717, 1.165) is 70.8 Å². The van der Waals surface area contributed by atoms with Crippen molar-refractivity contribution in [3.8, 4) is 0 Å². The Hall–Kier alpha value is -2.40. The lowest BCUT2D eigenvalue weighted by molar-refractivity contribution is -0.137. The van der Waals surface area contributed by atoms with E-state index in [1.165, 1.54) is 17.7 Å². The molecule has 0 aromatic heterocycles. The van der Waals surface area contributed by atoms with Crippen LogP contribution in [-0.4, -0.2) is 55.0 Å². The molecule has 2 aromatic rings. The highest BCUT2D eigenvalue weighted by molar-refractivity contribution is 5.79. The highest BCUT2D eigenvalue weighted by Crippen LogP contribution is 2.23. The van der Waals surface area contributed by atoms with Crippen LogP contribution < -0.4 is 4.90 Å². The highest BCUT2D eigenvalue weighted by atomic mass is 19.1. The Bertz CT molecular complexity index is 796. The molecule has 0 aliphatic carbocycles. The summed E-state index contributed by atoms with van der Waals surface area (Å²) in [5, 5.41) is 0. The number of amides is 1. The van der Waals surface area contributed by atoms with E-state index in [9.17, 15) is 9.18 Å². The molecule has 154 valence electrons. The SMILES string of the molecule is O=C(C1CCCN(Cc2ccccc2)C1)N1CCCN(c2ccc(F)cc2)CC1. The number of piperidine rings is 1. The van der Waals surface area contributed by atoms with Crippen molar-refractivity contribution in [1.82, 2.24) is 9.80 Å². The fourth-order valence-corrected chi connectivity index (χ4v) is 4.55.